The topological polar surface area (TPSA) is 49.4 Å². The Morgan fingerprint density at radius 2 is 1.94 bits per heavy atom. The monoisotopic (exact) mass is 246 g/mol. The van der Waals surface area contributed by atoms with Crippen LogP contribution in [0.2, 0.25) is 0 Å². The van der Waals surface area contributed by atoms with Crippen molar-refractivity contribution in [3.8, 4) is 0 Å². The van der Waals surface area contributed by atoms with Crippen LogP contribution < -0.4 is 5.32 Å². The van der Waals surface area contributed by atoms with Gasteiger partial charge in [-0.25, -0.2) is 0 Å². The summed E-state index contributed by atoms with van der Waals surface area (Å²) >= 11 is 0. The normalized spacial score (nSPS) is 18.7. The molecule has 0 saturated carbocycles. The van der Waals surface area contributed by atoms with Crippen molar-refractivity contribution in [3.05, 3.63) is 35.4 Å². The molecule has 2 amide bonds. The number of rotatable bonds is 2. The highest BCUT2D eigenvalue weighted by molar-refractivity contribution is 5.97. The maximum Gasteiger partial charge on any atom is 0.245 e. The number of hydrogen-bond acceptors (Lipinski definition) is 2. The van der Waals surface area contributed by atoms with Gasteiger partial charge in [0.1, 0.15) is 5.54 Å². The van der Waals surface area contributed by atoms with Gasteiger partial charge in [0, 0.05) is 6.54 Å². The van der Waals surface area contributed by atoms with Gasteiger partial charge in [0.2, 0.25) is 11.8 Å². The molecule has 1 aliphatic heterocycles. The number of carbonyl (C=O) groups excluding carboxylic acids is 2. The Bertz CT molecular complexity index is 494. The van der Waals surface area contributed by atoms with Crippen molar-refractivity contribution in [1.82, 2.24) is 10.2 Å². The van der Waals surface area contributed by atoms with Crippen molar-refractivity contribution >= 4 is 11.8 Å². The summed E-state index contributed by atoms with van der Waals surface area (Å²) in [4.78, 5) is 25.5. The lowest BCUT2D eigenvalue weighted by Crippen LogP contribution is -2.63. The lowest BCUT2D eigenvalue weighted by molar-refractivity contribution is -0.152. The molecule has 1 aromatic carbocycles. The average Bonchev–Trinajstić information content (AvgIpc) is 2.32. The Morgan fingerprint density at radius 1 is 1.28 bits per heavy atom. The summed E-state index contributed by atoms with van der Waals surface area (Å²) in [5.74, 6) is -0.140. The van der Waals surface area contributed by atoms with Crippen LogP contribution >= 0.6 is 0 Å². The number of hydrogen-bond donors (Lipinski definition) is 1. The van der Waals surface area contributed by atoms with Crippen molar-refractivity contribution in [2.75, 3.05) is 6.54 Å². The van der Waals surface area contributed by atoms with Crippen LogP contribution in [0.5, 0.6) is 0 Å². The number of carbonyl (C=O) groups is 2. The van der Waals surface area contributed by atoms with E-state index in [4.69, 9.17) is 0 Å². The van der Waals surface area contributed by atoms with Crippen LogP contribution in [-0.2, 0) is 16.1 Å². The summed E-state index contributed by atoms with van der Waals surface area (Å²) in [6.45, 7) is 6.13. The first-order valence-corrected chi connectivity index (χ1v) is 6.06. The Kier molecular flexibility index (Phi) is 3.11. The molecule has 1 heterocycles. The summed E-state index contributed by atoms with van der Waals surface area (Å²) in [6.07, 6.45) is 0. The standard InChI is InChI=1S/C14H18N2O2/c1-10-6-4-5-7-11(10)9-16-12(17)8-15-13(18)14(16,2)3/h4-7H,8-9H2,1-3H3,(H,15,18). The van der Waals surface area contributed by atoms with E-state index in [9.17, 15) is 9.59 Å². The third-order valence-electron chi connectivity index (χ3n) is 3.52. The minimum absolute atomic E-state index is 0.0390. The minimum atomic E-state index is -0.794. The summed E-state index contributed by atoms with van der Waals surface area (Å²) in [7, 11) is 0. The molecule has 1 saturated heterocycles. The van der Waals surface area contributed by atoms with Crippen LogP contribution in [0.25, 0.3) is 0 Å². The van der Waals surface area contributed by atoms with Gasteiger partial charge in [-0.1, -0.05) is 24.3 Å². The fourth-order valence-corrected chi connectivity index (χ4v) is 2.15. The number of aryl methyl sites for hydroxylation is 1. The van der Waals surface area contributed by atoms with E-state index in [1.807, 2.05) is 31.2 Å². The van der Waals surface area contributed by atoms with Gasteiger partial charge >= 0.3 is 0 Å². The first-order valence-electron chi connectivity index (χ1n) is 6.06. The van der Waals surface area contributed by atoms with E-state index in [0.717, 1.165) is 11.1 Å². The molecule has 0 bridgehead atoms. The Balaban J connectivity index is 2.29. The molecule has 0 radical (unpaired) electrons. The van der Waals surface area contributed by atoms with Crippen LogP contribution in [0.4, 0.5) is 0 Å². The molecule has 1 aliphatic rings. The van der Waals surface area contributed by atoms with Crippen LogP contribution in [0, 0.1) is 6.92 Å². The molecule has 1 N–H and O–H groups in total. The molecule has 0 unspecified atom stereocenters. The molecule has 2 rings (SSSR count). The molecular weight excluding hydrogens is 228 g/mol. The molecule has 4 nitrogen and oxygen atoms in total. The Hall–Kier alpha value is -1.84. The predicted molar refractivity (Wildman–Crippen MR) is 68.8 cm³/mol. The second-order valence-electron chi connectivity index (χ2n) is 5.15. The smallest absolute Gasteiger partial charge is 0.245 e. The SMILES string of the molecule is Cc1ccccc1CN1C(=O)CNC(=O)C1(C)C. The molecule has 0 atom stereocenters. The molecule has 1 aromatic rings. The molecule has 0 aliphatic carbocycles. The number of piperazine rings is 1. The van der Waals surface area contributed by atoms with E-state index in [1.54, 1.807) is 18.7 Å². The first kappa shape index (κ1) is 12.6. The van der Waals surface area contributed by atoms with Crippen LogP contribution in [-0.4, -0.2) is 28.8 Å². The highest BCUT2D eigenvalue weighted by atomic mass is 16.2. The van der Waals surface area contributed by atoms with Crippen molar-refractivity contribution in [2.24, 2.45) is 0 Å². The van der Waals surface area contributed by atoms with Gasteiger partial charge < -0.3 is 10.2 Å². The second-order valence-corrected chi connectivity index (χ2v) is 5.15. The van der Waals surface area contributed by atoms with E-state index in [1.165, 1.54) is 0 Å². The Morgan fingerprint density at radius 3 is 2.61 bits per heavy atom. The van der Waals surface area contributed by atoms with E-state index >= 15 is 0 Å². The van der Waals surface area contributed by atoms with E-state index in [-0.39, 0.29) is 18.4 Å². The summed E-state index contributed by atoms with van der Waals surface area (Å²) in [6, 6.07) is 7.92. The zero-order valence-corrected chi connectivity index (χ0v) is 11.0. The van der Waals surface area contributed by atoms with E-state index in [0.29, 0.717) is 6.54 Å². The zero-order valence-electron chi connectivity index (χ0n) is 11.0. The maximum absolute atomic E-state index is 12.0. The number of amides is 2. The van der Waals surface area contributed by atoms with Gasteiger partial charge in [0.25, 0.3) is 0 Å². The van der Waals surface area contributed by atoms with Crippen LogP contribution in [0.15, 0.2) is 24.3 Å². The molecule has 18 heavy (non-hydrogen) atoms. The molecular formula is C14H18N2O2. The molecule has 1 fully saturated rings. The van der Waals surface area contributed by atoms with Crippen LogP contribution in [0.1, 0.15) is 25.0 Å². The highest BCUT2D eigenvalue weighted by Crippen LogP contribution is 2.22. The summed E-state index contributed by atoms with van der Waals surface area (Å²) in [5.41, 5.74) is 1.41. The van der Waals surface area contributed by atoms with Crippen LogP contribution in [0.3, 0.4) is 0 Å². The molecule has 4 heteroatoms. The lowest BCUT2D eigenvalue weighted by Gasteiger charge is -2.41. The molecule has 0 spiro atoms. The van der Waals surface area contributed by atoms with E-state index < -0.39 is 5.54 Å². The van der Waals surface area contributed by atoms with Gasteiger partial charge in [-0.3, -0.25) is 9.59 Å². The number of benzene rings is 1. The average molecular weight is 246 g/mol. The second kappa shape index (κ2) is 4.44. The van der Waals surface area contributed by atoms with Gasteiger partial charge in [0.05, 0.1) is 6.54 Å². The third-order valence-corrected chi connectivity index (χ3v) is 3.52. The number of nitrogens with one attached hydrogen (secondary N) is 1. The van der Waals surface area contributed by atoms with Crippen molar-refractivity contribution in [2.45, 2.75) is 32.9 Å². The Labute approximate surface area is 107 Å². The predicted octanol–water partition coefficient (Wildman–Crippen LogP) is 1.23. The zero-order chi connectivity index (χ0) is 13.3. The minimum Gasteiger partial charge on any atom is -0.345 e. The molecule has 96 valence electrons. The largest absolute Gasteiger partial charge is 0.345 e. The van der Waals surface area contributed by atoms with Gasteiger partial charge in [-0.2, -0.15) is 0 Å². The van der Waals surface area contributed by atoms with Gasteiger partial charge in [-0.15, -0.1) is 0 Å². The van der Waals surface area contributed by atoms with E-state index in [2.05, 4.69) is 5.32 Å². The molecule has 0 aromatic heterocycles. The third kappa shape index (κ3) is 2.10. The fraction of sp³-hybridized carbons (Fsp3) is 0.429. The fourth-order valence-electron chi connectivity index (χ4n) is 2.15. The van der Waals surface area contributed by atoms with Gasteiger partial charge in [0.15, 0.2) is 0 Å². The first-order chi connectivity index (χ1) is 8.43. The lowest BCUT2D eigenvalue weighted by atomic mass is 9.97. The van der Waals surface area contributed by atoms with Gasteiger partial charge in [-0.05, 0) is 31.9 Å². The van der Waals surface area contributed by atoms with Crippen molar-refractivity contribution in [3.63, 3.8) is 0 Å². The van der Waals surface area contributed by atoms with Crippen molar-refractivity contribution < 1.29 is 9.59 Å². The maximum atomic E-state index is 12.0. The quantitative estimate of drug-likeness (QED) is 0.853. The summed E-state index contributed by atoms with van der Waals surface area (Å²) < 4.78 is 0. The number of nitrogens with zero attached hydrogens (tertiary/aromatic N) is 1. The highest BCUT2D eigenvalue weighted by Gasteiger charge is 2.41. The summed E-state index contributed by atoms with van der Waals surface area (Å²) in [5, 5.41) is 2.62. The van der Waals surface area contributed by atoms with Crippen molar-refractivity contribution in [1.29, 1.82) is 0 Å².